The van der Waals surface area contributed by atoms with E-state index in [-0.39, 0.29) is 0 Å². The van der Waals surface area contributed by atoms with Crippen molar-refractivity contribution in [1.82, 2.24) is 15.1 Å². The van der Waals surface area contributed by atoms with Gasteiger partial charge < -0.3 is 15.1 Å². The molecule has 1 rings (SSSR count). The lowest BCUT2D eigenvalue weighted by Gasteiger charge is -2.28. The first kappa shape index (κ1) is 18.1. The van der Waals surface area contributed by atoms with Crippen LogP contribution in [0.25, 0.3) is 0 Å². The maximum Gasteiger partial charge on any atom is 0.0454 e. The normalized spacial score (nSPS) is 13.2. The van der Waals surface area contributed by atoms with Gasteiger partial charge in [0.2, 0.25) is 0 Å². The molecule has 0 spiro atoms. The molecule has 0 aliphatic heterocycles. The Balaban J connectivity index is 2.86. The van der Waals surface area contributed by atoms with Crippen molar-refractivity contribution in [2.45, 2.75) is 33.7 Å². The first-order valence-corrected chi connectivity index (χ1v) is 7.99. The predicted octanol–water partition coefficient (Wildman–Crippen LogP) is 2.76. The van der Waals surface area contributed by atoms with E-state index in [9.17, 15) is 0 Å². The van der Waals surface area contributed by atoms with Crippen molar-refractivity contribution in [3.63, 3.8) is 0 Å². The van der Waals surface area contributed by atoms with Gasteiger partial charge in [0.1, 0.15) is 0 Å². The molecule has 1 aromatic carbocycles. The largest absolute Gasteiger partial charge is 0.309 e. The van der Waals surface area contributed by atoms with Crippen LogP contribution in [0.3, 0.4) is 0 Å². The Labute approximate surface area is 131 Å². The van der Waals surface area contributed by atoms with Crippen LogP contribution >= 0.6 is 0 Å². The van der Waals surface area contributed by atoms with E-state index in [1.54, 1.807) is 0 Å². The van der Waals surface area contributed by atoms with E-state index in [4.69, 9.17) is 0 Å². The zero-order valence-electron chi connectivity index (χ0n) is 15.0. The number of nitrogens with one attached hydrogen (secondary N) is 1. The Morgan fingerprint density at radius 3 is 2.05 bits per heavy atom. The fourth-order valence-corrected chi connectivity index (χ4v) is 3.02. The monoisotopic (exact) mass is 291 g/mol. The van der Waals surface area contributed by atoms with Gasteiger partial charge in [-0.05, 0) is 65.1 Å². The van der Waals surface area contributed by atoms with Crippen molar-refractivity contribution in [3.05, 3.63) is 34.4 Å². The minimum Gasteiger partial charge on any atom is -0.309 e. The first-order valence-electron chi connectivity index (χ1n) is 7.99. The number of likely N-dealkylation sites (N-methyl/N-ethyl adjacent to an activating group) is 3. The van der Waals surface area contributed by atoms with Crippen LogP contribution in [-0.2, 0) is 0 Å². The van der Waals surface area contributed by atoms with Crippen LogP contribution in [0.4, 0.5) is 0 Å². The summed E-state index contributed by atoms with van der Waals surface area (Å²) in [4.78, 5) is 4.66. The molecular weight excluding hydrogens is 258 g/mol. The van der Waals surface area contributed by atoms with Crippen molar-refractivity contribution in [2.75, 3.05) is 47.3 Å². The van der Waals surface area contributed by atoms with E-state index in [2.05, 4.69) is 76.1 Å². The molecule has 0 saturated heterocycles. The fraction of sp³-hybridized carbons (Fsp3) is 0.667. The highest BCUT2D eigenvalue weighted by Crippen LogP contribution is 2.24. The number of benzene rings is 1. The standard InChI is InChI=1S/C18H33N3/c1-8-19-17(13-21(7)10-9-20(5)6)18-15(3)11-14(2)12-16(18)4/h11-12,17,19H,8-10,13H2,1-7H3. The molecule has 0 aliphatic rings. The first-order chi connectivity index (χ1) is 9.85. The summed E-state index contributed by atoms with van der Waals surface area (Å²) in [7, 11) is 6.47. The summed E-state index contributed by atoms with van der Waals surface area (Å²) >= 11 is 0. The lowest BCUT2D eigenvalue weighted by atomic mass is 9.93. The third kappa shape index (κ3) is 5.77. The van der Waals surface area contributed by atoms with Gasteiger partial charge in [0.05, 0.1) is 0 Å². The van der Waals surface area contributed by atoms with Crippen LogP contribution < -0.4 is 5.32 Å². The minimum atomic E-state index is 0.405. The Morgan fingerprint density at radius 1 is 1.00 bits per heavy atom. The maximum atomic E-state index is 3.66. The van der Waals surface area contributed by atoms with Crippen molar-refractivity contribution in [3.8, 4) is 0 Å². The molecule has 0 heterocycles. The summed E-state index contributed by atoms with van der Waals surface area (Å²) in [5.74, 6) is 0. The van der Waals surface area contributed by atoms with Gasteiger partial charge >= 0.3 is 0 Å². The third-order valence-electron chi connectivity index (χ3n) is 3.96. The average molecular weight is 291 g/mol. The van der Waals surface area contributed by atoms with Gasteiger partial charge in [-0.3, -0.25) is 0 Å². The molecule has 3 nitrogen and oxygen atoms in total. The molecule has 120 valence electrons. The second kappa shape index (κ2) is 8.52. The van der Waals surface area contributed by atoms with Crippen LogP contribution in [0.15, 0.2) is 12.1 Å². The molecule has 0 aliphatic carbocycles. The zero-order chi connectivity index (χ0) is 16.0. The number of hydrogen-bond donors (Lipinski definition) is 1. The minimum absolute atomic E-state index is 0.405. The van der Waals surface area contributed by atoms with Gasteiger partial charge in [-0.1, -0.05) is 24.6 Å². The Morgan fingerprint density at radius 2 is 1.57 bits per heavy atom. The summed E-state index contributed by atoms with van der Waals surface area (Å²) in [6, 6.07) is 5.00. The summed E-state index contributed by atoms with van der Waals surface area (Å²) in [5.41, 5.74) is 5.63. The molecule has 3 heteroatoms. The summed E-state index contributed by atoms with van der Waals surface area (Å²) < 4.78 is 0. The number of nitrogens with zero attached hydrogens (tertiary/aromatic N) is 2. The van der Waals surface area contributed by atoms with Crippen LogP contribution in [0, 0.1) is 20.8 Å². The molecule has 1 unspecified atom stereocenters. The van der Waals surface area contributed by atoms with Gasteiger partial charge in [0.25, 0.3) is 0 Å². The molecular formula is C18H33N3. The summed E-state index contributed by atoms with van der Waals surface area (Å²) in [6.07, 6.45) is 0. The molecule has 21 heavy (non-hydrogen) atoms. The van der Waals surface area contributed by atoms with Crippen molar-refractivity contribution in [2.24, 2.45) is 0 Å². The smallest absolute Gasteiger partial charge is 0.0454 e. The van der Waals surface area contributed by atoms with E-state index in [0.29, 0.717) is 6.04 Å². The maximum absolute atomic E-state index is 3.66. The molecule has 1 atom stereocenters. The highest BCUT2D eigenvalue weighted by atomic mass is 15.2. The van der Waals surface area contributed by atoms with Crippen LogP contribution in [0.5, 0.6) is 0 Å². The van der Waals surface area contributed by atoms with E-state index in [1.807, 2.05) is 0 Å². The molecule has 0 aromatic heterocycles. The summed E-state index contributed by atoms with van der Waals surface area (Å²) in [5, 5.41) is 3.66. The van der Waals surface area contributed by atoms with Gasteiger partial charge in [0.15, 0.2) is 0 Å². The number of hydrogen-bond acceptors (Lipinski definition) is 3. The topological polar surface area (TPSA) is 18.5 Å². The van der Waals surface area contributed by atoms with E-state index in [0.717, 1.165) is 26.2 Å². The zero-order valence-corrected chi connectivity index (χ0v) is 15.0. The van der Waals surface area contributed by atoms with Crippen molar-refractivity contribution < 1.29 is 0 Å². The quantitative estimate of drug-likeness (QED) is 0.794. The van der Waals surface area contributed by atoms with Crippen molar-refractivity contribution >= 4 is 0 Å². The lowest BCUT2D eigenvalue weighted by Crippen LogP contribution is -2.37. The Hall–Kier alpha value is -0.900. The van der Waals surface area contributed by atoms with Crippen molar-refractivity contribution in [1.29, 1.82) is 0 Å². The van der Waals surface area contributed by atoms with Gasteiger partial charge in [-0.15, -0.1) is 0 Å². The van der Waals surface area contributed by atoms with Crippen LogP contribution in [0.2, 0.25) is 0 Å². The molecule has 0 fully saturated rings. The second-order valence-electron chi connectivity index (χ2n) is 6.49. The molecule has 1 N–H and O–H groups in total. The third-order valence-corrected chi connectivity index (χ3v) is 3.96. The second-order valence-corrected chi connectivity index (χ2v) is 6.49. The number of rotatable bonds is 8. The van der Waals surface area contributed by atoms with Crippen LogP contribution in [-0.4, -0.2) is 57.1 Å². The number of aryl methyl sites for hydroxylation is 3. The SMILES string of the molecule is CCNC(CN(C)CCN(C)C)c1c(C)cc(C)cc1C. The highest BCUT2D eigenvalue weighted by molar-refractivity contribution is 5.39. The molecule has 0 saturated carbocycles. The predicted molar refractivity (Wildman–Crippen MR) is 93.1 cm³/mol. The average Bonchev–Trinajstić information content (AvgIpc) is 2.35. The fourth-order valence-electron chi connectivity index (χ4n) is 3.02. The van der Waals surface area contributed by atoms with Gasteiger partial charge in [0, 0.05) is 25.7 Å². The Bertz CT molecular complexity index is 417. The van der Waals surface area contributed by atoms with E-state index >= 15 is 0 Å². The lowest BCUT2D eigenvalue weighted by molar-refractivity contribution is 0.257. The van der Waals surface area contributed by atoms with Gasteiger partial charge in [-0.2, -0.15) is 0 Å². The molecule has 0 amide bonds. The molecule has 0 radical (unpaired) electrons. The molecule has 0 bridgehead atoms. The molecule has 1 aromatic rings. The van der Waals surface area contributed by atoms with E-state index < -0.39 is 0 Å². The Kier molecular flexibility index (Phi) is 7.36. The van der Waals surface area contributed by atoms with Gasteiger partial charge in [-0.25, -0.2) is 0 Å². The van der Waals surface area contributed by atoms with Crippen LogP contribution in [0.1, 0.15) is 35.2 Å². The highest BCUT2D eigenvalue weighted by Gasteiger charge is 2.17. The summed E-state index contributed by atoms with van der Waals surface area (Å²) in [6.45, 7) is 13.1. The van der Waals surface area contributed by atoms with E-state index in [1.165, 1.54) is 22.3 Å².